The molecule has 1 heterocycles. The lowest BCUT2D eigenvalue weighted by molar-refractivity contribution is -0.141. The molecule has 2 rings (SSSR count). The molecule has 0 atom stereocenters. The smallest absolute Gasteiger partial charge is 0.323 e. The van der Waals surface area contributed by atoms with E-state index in [9.17, 15) is 9.59 Å². The highest BCUT2D eigenvalue weighted by Crippen LogP contribution is 2.25. The van der Waals surface area contributed by atoms with Crippen LogP contribution in [0, 0.1) is 12.3 Å². The number of carboxylic acids is 1. The minimum atomic E-state index is -1.06. The van der Waals surface area contributed by atoms with Crippen molar-refractivity contribution in [3.05, 3.63) is 47.2 Å². The Morgan fingerprint density at radius 2 is 2.19 bits per heavy atom. The Balaban J connectivity index is 2.25. The molecule has 4 N–H and O–H groups in total. The Labute approximate surface area is 151 Å². The van der Waals surface area contributed by atoms with E-state index in [0.717, 1.165) is 22.5 Å². The predicted octanol–water partition coefficient (Wildman–Crippen LogP) is 2.22. The molecule has 0 aliphatic heterocycles. The molecule has 0 spiro atoms. The Morgan fingerprint density at radius 1 is 1.42 bits per heavy atom. The second kappa shape index (κ2) is 8.61. The number of aromatic nitrogens is 1. The van der Waals surface area contributed by atoms with Gasteiger partial charge in [0.25, 0.3) is 0 Å². The van der Waals surface area contributed by atoms with Crippen LogP contribution in [0.15, 0.2) is 30.5 Å². The number of carbonyl (C=O) groups excluding carboxylic acids is 1. The van der Waals surface area contributed by atoms with Crippen LogP contribution in [0.1, 0.15) is 16.7 Å². The number of carbonyl (C=O) groups is 2. The van der Waals surface area contributed by atoms with Gasteiger partial charge in [-0.25, -0.2) is 4.98 Å². The molecule has 8 heteroatoms. The molecule has 1 amide bonds. The standard InChI is InChI=1S/C18H21N5O3/c1-12-13(9-23(11-24)10-17(25)26)4-3-5-16(12)22-15-6-14(7-19)18(20-2)21-8-15/h3-8,11,19,22H,9-10H2,1-2H3,(H,20,21)(H,25,26). The fourth-order valence-corrected chi connectivity index (χ4v) is 2.54. The quantitative estimate of drug-likeness (QED) is 0.405. The average Bonchev–Trinajstić information content (AvgIpc) is 2.63. The molecule has 1 aromatic carbocycles. The number of aliphatic carboxylic acids is 1. The Bertz CT molecular complexity index is 822. The van der Waals surface area contributed by atoms with Gasteiger partial charge in [0.05, 0.1) is 11.9 Å². The van der Waals surface area contributed by atoms with Gasteiger partial charge < -0.3 is 26.0 Å². The van der Waals surface area contributed by atoms with Crippen LogP contribution in [0.2, 0.25) is 0 Å². The van der Waals surface area contributed by atoms with Crippen LogP contribution >= 0.6 is 0 Å². The van der Waals surface area contributed by atoms with Crippen molar-refractivity contribution in [2.45, 2.75) is 13.5 Å². The van der Waals surface area contributed by atoms with Crippen molar-refractivity contribution in [1.29, 1.82) is 5.41 Å². The summed E-state index contributed by atoms with van der Waals surface area (Å²) >= 11 is 0. The fourth-order valence-electron chi connectivity index (χ4n) is 2.54. The number of benzene rings is 1. The Hall–Kier alpha value is -3.42. The number of carboxylic acid groups (broad SMARTS) is 1. The largest absolute Gasteiger partial charge is 0.480 e. The normalized spacial score (nSPS) is 10.1. The van der Waals surface area contributed by atoms with Crippen molar-refractivity contribution in [2.24, 2.45) is 0 Å². The van der Waals surface area contributed by atoms with Gasteiger partial charge in [0.15, 0.2) is 0 Å². The first kappa shape index (κ1) is 18.9. The van der Waals surface area contributed by atoms with Gasteiger partial charge in [-0.2, -0.15) is 0 Å². The first-order valence-corrected chi connectivity index (χ1v) is 7.93. The third-order valence-corrected chi connectivity index (χ3v) is 3.90. The van der Waals surface area contributed by atoms with E-state index >= 15 is 0 Å². The molecule has 0 saturated carbocycles. The summed E-state index contributed by atoms with van der Waals surface area (Å²) in [6.07, 6.45) is 3.42. The number of hydrogen-bond acceptors (Lipinski definition) is 6. The van der Waals surface area contributed by atoms with Crippen molar-refractivity contribution >= 4 is 35.8 Å². The number of amides is 1. The molecule has 26 heavy (non-hydrogen) atoms. The molecule has 0 aliphatic rings. The van der Waals surface area contributed by atoms with Crippen LogP contribution in [0.4, 0.5) is 17.2 Å². The minimum absolute atomic E-state index is 0.208. The second-order valence-corrected chi connectivity index (χ2v) is 5.67. The zero-order chi connectivity index (χ0) is 19.1. The first-order chi connectivity index (χ1) is 12.5. The maximum atomic E-state index is 11.1. The topological polar surface area (TPSA) is 118 Å². The van der Waals surface area contributed by atoms with Crippen LogP contribution < -0.4 is 10.6 Å². The molecule has 0 radical (unpaired) electrons. The summed E-state index contributed by atoms with van der Waals surface area (Å²) < 4.78 is 0. The van der Waals surface area contributed by atoms with Crippen LogP contribution in [0.3, 0.4) is 0 Å². The van der Waals surface area contributed by atoms with Gasteiger partial charge in [-0.15, -0.1) is 0 Å². The van der Waals surface area contributed by atoms with E-state index in [-0.39, 0.29) is 13.1 Å². The van der Waals surface area contributed by atoms with Crippen molar-refractivity contribution in [1.82, 2.24) is 9.88 Å². The van der Waals surface area contributed by atoms with E-state index in [1.54, 1.807) is 19.3 Å². The molecule has 8 nitrogen and oxygen atoms in total. The molecular weight excluding hydrogens is 334 g/mol. The molecule has 0 fully saturated rings. The number of anilines is 3. The van der Waals surface area contributed by atoms with E-state index in [0.29, 0.717) is 17.8 Å². The van der Waals surface area contributed by atoms with E-state index in [2.05, 4.69) is 15.6 Å². The van der Waals surface area contributed by atoms with Crippen molar-refractivity contribution < 1.29 is 14.7 Å². The summed E-state index contributed by atoms with van der Waals surface area (Å²) in [4.78, 5) is 27.4. The summed E-state index contributed by atoms with van der Waals surface area (Å²) in [5, 5.41) is 22.5. The van der Waals surface area contributed by atoms with Crippen LogP contribution in [-0.2, 0) is 16.1 Å². The van der Waals surface area contributed by atoms with Gasteiger partial charge in [-0.1, -0.05) is 12.1 Å². The maximum absolute atomic E-state index is 11.1. The molecule has 1 aromatic heterocycles. The maximum Gasteiger partial charge on any atom is 0.323 e. The van der Waals surface area contributed by atoms with Crippen LogP contribution in [0.25, 0.3) is 0 Å². The third kappa shape index (κ3) is 4.56. The summed E-state index contributed by atoms with van der Waals surface area (Å²) in [7, 11) is 1.74. The average molecular weight is 355 g/mol. The molecule has 0 aliphatic carbocycles. The van der Waals surface area contributed by atoms with Crippen molar-refractivity contribution in [3.8, 4) is 0 Å². The van der Waals surface area contributed by atoms with Crippen molar-refractivity contribution in [3.63, 3.8) is 0 Å². The first-order valence-electron chi connectivity index (χ1n) is 7.93. The lowest BCUT2D eigenvalue weighted by Gasteiger charge is -2.19. The van der Waals surface area contributed by atoms with Gasteiger partial charge in [-0.05, 0) is 30.2 Å². The monoisotopic (exact) mass is 355 g/mol. The number of rotatable bonds is 9. The molecule has 0 bridgehead atoms. The van der Waals surface area contributed by atoms with E-state index in [4.69, 9.17) is 10.5 Å². The lowest BCUT2D eigenvalue weighted by atomic mass is 10.1. The summed E-state index contributed by atoms with van der Waals surface area (Å²) in [6, 6.07) is 7.38. The summed E-state index contributed by atoms with van der Waals surface area (Å²) in [6.45, 7) is 1.76. The SMILES string of the molecule is CNc1ncc(Nc2cccc(CN(C=O)CC(=O)O)c2C)cc1C=N. The van der Waals surface area contributed by atoms with Gasteiger partial charge in [-0.3, -0.25) is 9.59 Å². The zero-order valence-corrected chi connectivity index (χ0v) is 14.6. The van der Waals surface area contributed by atoms with Gasteiger partial charge in [0, 0.05) is 31.1 Å². The highest BCUT2D eigenvalue weighted by atomic mass is 16.4. The number of nitrogens with one attached hydrogen (secondary N) is 3. The minimum Gasteiger partial charge on any atom is -0.480 e. The van der Waals surface area contributed by atoms with Gasteiger partial charge in [0.1, 0.15) is 12.4 Å². The molecule has 136 valence electrons. The molecule has 0 unspecified atom stereocenters. The highest BCUT2D eigenvalue weighted by Gasteiger charge is 2.12. The molecule has 0 saturated heterocycles. The second-order valence-electron chi connectivity index (χ2n) is 5.67. The zero-order valence-electron chi connectivity index (χ0n) is 14.6. The highest BCUT2D eigenvalue weighted by molar-refractivity contribution is 5.86. The van der Waals surface area contributed by atoms with Gasteiger partial charge >= 0.3 is 5.97 Å². The summed E-state index contributed by atoms with van der Waals surface area (Å²) in [5.41, 5.74) is 3.94. The molecular formula is C18H21N5O3. The third-order valence-electron chi connectivity index (χ3n) is 3.90. The van der Waals surface area contributed by atoms with E-state index in [1.807, 2.05) is 25.1 Å². The number of hydrogen-bond donors (Lipinski definition) is 4. The number of nitrogens with zero attached hydrogens (tertiary/aromatic N) is 2. The van der Waals surface area contributed by atoms with E-state index in [1.165, 1.54) is 11.1 Å². The van der Waals surface area contributed by atoms with Gasteiger partial charge in [0.2, 0.25) is 6.41 Å². The molecule has 2 aromatic rings. The number of pyridine rings is 1. The Kier molecular flexibility index (Phi) is 6.26. The lowest BCUT2D eigenvalue weighted by Crippen LogP contribution is -2.28. The van der Waals surface area contributed by atoms with Crippen LogP contribution in [0.5, 0.6) is 0 Å². The Morgan fingerprint density at radius 3 is 2.81 bits per heavy atom. The summed E-state index contributed by atoms with van der Waals surface area (Å²) in [5.74, 6) is -0.440. The predicted molar refractivity (Wildman–Crippen MR) is 100 cm³/mol. The van der Waals surface area contributed by atoms with Crippen LogP contribution in [-0.4, -0.2) is 47.2 Å². The fraction of sp³-hybridized carbons (Fsp3) is 0.222. The van der Waals surface area contributed by atoms with E-state index < -0.39 is 5.97 Å². The van der Waals surface area contributed by atoms with Crippen molar-refractivity contribution in [2.75, 3.05) is 24.2 Å².